The molecule has 0 amide bonds. The summed E-state index contributed by atoms with van der Waals surface area (Å²) in [5.41, 5.74) is 3.58. The van der Waals surface area contributed by atoms with Crippen LogP contribution in [0.5, 0.6) is 11.5 Å². The maximum atomic E-state index is 5.93. The van der Waals surface area contributed by atoms with E-state index in [1.165, 1.54) is 11.1 Å². The molecule has 0 atom stereocenters. The van der Waals surface area contributed by atoms with Gasteiger partial charge < -0.3 is 10.1 Å². The summed E-state index contributed by atoms with van der Waals surface area (Å²) in [5, 5.41) is 3.36. The molecule has 0 radical (unpaired) electrons. The van der Waals surface area contributed by atoms with Crippen LogP contribution in [0, 0.1) is 0 Å². The van der Waals surface area contributed by atoms with Gasteiger partial charge in [0.25, 0.3) is 0 Å². The monoisotopic (exact) mass is 237 g/mol. The minimum atomic E-state index is 0.762. The summed E-state index contributed by atoms with van der Waals surface area (Å²) in [5.74, 6) is 1.91. The average Bonchev–Trinajstić information content (AvgIpc) is 2.43. The van der Waals surface area contributed by atoms with Crippen LogP contribution < -0.4 is 10.1 Å². The maximum absolute atomic E-state index is 5.93. The van der Waals surface area contributed by atoms with Gasteiger partial charge in [-0.3, -0.25) is 0 Å². The van der Waals surface area contributed by atoms with E-state index < -0.39 is 0 Å². The first kappa shape index (κ1) is 10.9. The number of hydrogen-bond acceptors (Lipinski definition) is 2. The third kappa shape index (κ3) is 1.86. The van der Waals surface area contributed by atoms with Gasteiger partial charge in [-0.05, 0) is 23.8 Å². The standard InChI is InChI=1S/C16H15NO/c1-2-10-17-14-7-5-9-16-13(14)11-12-6-3-4-8-15(12)18-16/h2-9,17H,1,10-11H2. The zero-order valence-electron chi connectivity index (χ0n) is 10.1. The highest BCUT2D eigenvalue weighted by Crippen LogP contribution is 2.39. The lowest BCUT2D eigenvalue weighted by Crippen LogP contribution is -2.07. The van der Waals surface area contributed by atoms with Crippen LogP contribution in [0.4, 0.5) is 5.69 Å². The summed E-state index contributed by atoms with van der Waals surface area (Å²) in [6.45, 7) is 4.49. The minimum absolute atomic E-state index is 0.762. The number of rotatable bonds is 3. The summed E-state index contributed by atoms with van der Waals surface area (Å²) < 4.78 is 5.93. The van der Waals surface area contributed by atoms with Crippen molar-refractivity contribution in [1.29, 1.82) is 0 Å². The van der Waals surface area contributed by atoms with Crippen molar-refractivity contribution in [2.45, 2.75) is 6.42 Å². The van der Waals surface area contributed by atoms with Gasteiger partial charge >= 0.3 is 0 Å². The highest BCUT2D eigenvalue weighted by atomic mass is 16.5. The number of ether oxygens (including phenoxy) is 1. The Kier molecular flexibility index (Phi) is 2.77. The molecule has 0 aromatic heterocycles. The second-order valence-corrected chi connectivity index (χ2v) is 4.34. The van der Waals surface area contributed by atoms with Crippen LogP contribution in [0.3, 0.4) is 0 Å². The first-order chi connectivity index (χ1) is 8.88. The predicted octanol–water partition coefficient (Wildman–Crippen LogP) is 3.98. The van der Waals surface area contributed by atoms with E-state index in [2.05, 4.69) is 24.0 Å². The largest absolute Gasteiger partial charge is 0.457 e. The van der Waals surface area contributed by atoms with Gasteiger partial charge in [0.05, 0.1) is 0 Å². The van der Waals surface area contributed by atoms with E-state index in [4.69, 9.17) is 4.74 Å². The van der Waals surface area contributed by atoms with Crippen LogP contribution in [0.2, 0.25) is 0 Å². The first-order valence-electron chi connectivity index (χ1n) is 6.11. The molecule has 0 saturated heterocycles. The summed E-state index contributed by atoms with van der Waals surface area (Å²) in [6.07, 6.45) is 2.77. The third-order valence-corrected chi connectivity index (χ3v) is 3.13. The van der Waals surface area contributed by atoms with E-state index >= 15 is 0 Å². The molecule has 0 unspecified atom stereocenters. The Balaban J connectivity index is 1.99. The van der Waals surface area contributed by atoms with Crippen LogP contribution in [0.1, 0.15) is 11.1 Å². The van der Waals surface area contributed by atoms with E-state index in [9.17, 15) is 0 Å². The number of para-hydroxylation sites is 1. The lowest BCUT2D eigenvalue weighted by atomic mass is 9.99. The van der Waals surface area contributed by atoms with E-state index in [0.717, 1.165) is 30.2 Å². The number of anilines is 1. The lowest BCUT2D eigenvalue weighted by Gasteiger charge is -2.22. The highest BCUT2D eigenvalue weighted by molar-refractivity contribution is 5.63. The SMILES string of the molecule is C=CCNc1cccc2c1Cc1ccccc1O2. The second kappa shape index (κ2) is 4.57. The van der Waals surface area contributed by atoms with Gasteiger partial charge in [0.1, 0.15) is 11.5 Å². The third-order valence-electron chi connectivity index (χ3n) is 3.13. The van der Waals surface area contributed by atoms with Gasteiger partial charge in [-0.15, -0.1) is 6.58 Å². The van der Waals surface area contributed by atoms with E-state index in [0.29, 0.717) is 0 Å². The molecule has 1 aliphatic rings. The highest BCUT2D eigenvalue weighted by Gasteiger charge is 2.18. The predicted molar refractivity (Wildman–Crippen MR) is 74.5 cm³/mol. The van der Waals surface area contributed by atoms with Gasteiger partial charge in [0.15, 0.2) is 0 Å². The average molecular weight is 237 g/mol. The van der Waals surface area contributed by atoms with Crippen molar-refractivity contribution in [3.05, 3.63) is 66.2 Å². The maximum Gasteiger partial charge on any atom is 0.133 e. The van der Waals surface area contributed by atoms with E-state index in [-0.39, 0.29) is 0 Å². The van der Waals surface area contributed by atoms with Gasteiger partial charge in [-0.2, -0.15) is 0 Å². The van der Waals surface area contributed by atoms with Crippen molar-refractivity contribution >= 4 is 5.69 Å². The molecule has 2 aromatic rings. The summed E-state index contributed by atoms with van der Waals surface area (Å²) in [4.78, 5) is 0. The Morgan fingerprint density at radius 3 is 2.83 bits per heavy atom. The Labute approximate surface area is 107 Å². The lowest BCUT2D eigenvalue weighted by molar-refractivity contribution is 0.460. The van der Waals surface area contributed by atoms with Crippen molar-refractivity contribution < 1.29 is 4.74 Å². The smallest absolute Gasteiger partial charge is 0.133 e. The number of hydrogen-bond donors (Lipinski definition) is 1. The molecule has 18 heavy (non-hydrogen) atoms. The Hall–Kier alpha value is -2.22. The fourth-order valence-corrected chi connectivity index (χ4v) is 2.25. The quantitative estimate of drug-likeness (QED) is 0.696. The van der Waals surface area contributed by atoms with Crippen LogP contribution in [-0.2, 0) is 6.42 Å². The van der Waals surface area contributed by atoms with Crippen LogP contribution in [0.25, 0.3) is 0 Å². The van der Waals surface area contributed by atoms with Crippen molar-refractivity contribution in [3.63, 3.8) is 0 Å². The molecule has 0 spiro atoms. The van der Waals surface area contributed by atoms with Crippen LogP contribution in [0.15, 0.2) is 55.1 Å². The van der Waals surface area contributed by atoms with Crippen molar-refractivity contribution in [2.24, 2.45) is 0 Å². The minimum Gasteiger partial charge on any atom is -0.457 e. The Morgan fingerprint density at radius 2 is 1.94 bits per heavy atom. The number of benzene rings is 2. The van der Waals surface area contributed by atoms with Crippen molar-refractivity contribution in [2.75, 3.05) is 11.9 Å². The van der Waals surface area contributed by atoms with Gasteiger partial charge in [0.2, 0.25) is 0 Å². The summed E-state index contributed by atoms with van der Waals surface area (Å²) >= 11 is 0. The molecule has 1 aliphatic heterocycles. The number of fused-ring (bicyclic) bond motifs is 2. The van der Waals surface area contributed by atoms with Crippen LogP contribution >= 0.6 is 0 Å². The summed E-state index contributed by atoms with van der Waals surface area (Å²) in [7, 11) is 0. The fourth-order valence-electron chi connectivity index (χ4n) is 2.25. The van der Waals surface area contributed by atoms with Gasteiger partial charge in [-0.25, -0.2) is 0 Å². The molecule has 0 saturated carbocycles. The molecule has 0 aliphatic carbocycles. The molecular weight excluding hydrogens is 222 g/mol. The molecular formula is C16H15NO. The normalized spacial score (nSPS) is 12.0. The molecule has 0 bridgehead atoms. The van der Waals surface area contributed by atoms with Crippen molar-refractivity contribution in [1.82, 2.24) is 0 Å². The zero-order chi connectivity index (χ0) is 12.4. The van der Waals surface area contributed by atoms with E-state index in [1.807, 2.05) is 36.4 Å². The summed E-state index contributed by atoms with van der Waals surface area (Å²) in [6, 6.07) is 14.3. The topological polar surface area (TPSA) is 21.3 Å². The molecule has 3 rings (SSSR count). The molecule has 2 aromatic carbocycles. The van der Waals surface area contributed by atoms with Crippen LogP contribution in [-0.4, -0.2) is 6.54 Å². The molecule has 2 nitrogen and oxygen atoms in total. The molecule has 2 heteroatoms. The molecule has 1 N–H and O–H groups in total. The molecule has 90 valence electrons. The fraction of sp³-hybridized carbons (Fsp3) is 0.125. The van der Waals surface area contributed by atoms with Gasteiger partial charge in [-0.1, -0.05) is 30.3 Å². The zero-order valence-corrected chi connectivity index (χ0v) is 10.1. The van der Waals surface area contributed by atoms with E-state index in [1.54, 1.807) is 0 Å². The Bertz CT molecular complexity index is 589. The molecule has 1 heterocycles. The first-order valence-corrected chi connectivity index (χ1v) is 6.11. The van der Waals surface area contributed by atoms with Gasteiger partial charge in [0, 0.05) is 24.2 Å². The van der Waals surface area contributed by atoms with Crippen molar-refractivity contribution in [3.8, 4) is 11.5 Å². The number of nitrogens with one attached hydrogen (secondary N) is 1. The second-order valence-electron chi connectivity index (χ2n) is 4.34. The Morgan fingerprint density at radius 1 is 1.11 bits per heavy atom. The molecule has 0 fully saturated rings.